The number of hydrogen-bond donors (Lipinski definition) is 2. The molecule has 0 radical (unpaired) electrons. The number of hydrogen-bond acceptors (Lipinski definition) is 5. The molecule has 2 N–H and O–H groups in total. The second kappa shape index (κ2) is 8.57. The smallest absolute Gasteiger partial charge is 0.261 e. The van der Waals surface area contributed by atoms with Gasteiger partial charge in [-0.25, -0.2) is 8.42 Å². The monoisotopic (exact) mass is 409 g/mol. The Kier molecular flexibility index (Phi) is 5.94. The van der Waals surface area contributed by atoms with E-state index in [0.29, 0.717) is 6.54 Å². The van der Waals surface area contributed by atoms with Crippen LogP contribution < -0.4 is 15.1 Å². The van der Waals surface area contributed by atoms with Crippen LogP contribution in [0.5, 0.6) is 0 Å². The molecular weight excluding hydrogens is 392 g/mol. The number of amides is 1. The van der Waals surface area contributed by atoms with Gasteiger partial charge in [-0.2, -0.15) is 0 Å². The van der Waals surface area contributed by atoms with Crippen LogP contribution in [0.15, 0.2) is 83.8 Å². The average Bonchev–Trinajstić information content (AvgIpc) is 2.72. The summed E-state index contributed by atoms with van der Waals surface area (Å²) in [5.41, 5.74) is 1.02. The molecule has 3 aromatic rings. The van der Waals surface area contributed by atoms with Crippen LogP contribution >= 0.6 is 0 Å². The van der Waals surface area contributed by atoms with Crippen molar-refractivity contribution in [2.45, 2.75) is 11.4 Å². The molecule has 0 aliphatic rings. The maximum atomic E-state index is 12.6. The van der Waals surface area contributed by atoms with E-state index in [1.807, 2.05) is 30.3 Å². The number of carbonyl (C=O) groups excluding carboxylic acids is 2. The fraction of sp³-hybridized carbons (Fsp3) is 0.0476. The molecule has 0 aromatic heterocycles. The highest BCUT2D eigenvalue weighted by Crippen LogP contribution is 2.18. The van der Waals surface area contributed by atoms with Crippen LogP contribution in [0, 0.1) is 0 Å². The highest BCUT2D eigenvalue weighted by atomic mass is 32.2. The van der Waals surface area contributed by atoms with Crippen molar-refractivity contribution in [1.29, 1.82) is 0 Å². The Morgan fingerprint density at radius 3 is 2.24 bits per heavy atom. The van der Waals surface area contributed by atoms with E-state index < -0.39 is 21.9 Å². The molecule has 1 amide bonds. The zero-order valence-corrected chi connectivity index (χ0v) is 16.0. The van der Waals surface area contributed by atoms with Crippen molar-refractivity contribution in [3.63, 3.8) is 0 Å². The van der Waals surface area contributed by atoms with Crippen LogP contribution in [0.3, 0.4) is 0 Å². The summed E-state index contributed by atoms with van der Waals surface area (Å²) in [6, 6.07) is 20.2. The van der Waals surface area contributed by atoms with E-state index in [9.17, 15) is 23.1 Å². The molecule has 3 aromatic carbocycles. The number of aromatic carboxylic acids is 1. The summed E-state index contributed by atoms with van der Waals surface area (Å²) in [5, 5.41) is 13.7. The van der Waals surface area contributed by atoms with Crippen molar-refractivity contribution in [1.82, 2.24) is 5.32 Å². The number of nitrogens with one attached hydrogen (secondary N) is 2. The lowest BCUT2D eigenvalue weighted by Gasteiger charge is -2.11. The van der Waals surface area contributed by atoms with Gasteiger partial charge in [0.1, 0.15) is 0 Å². The Balaban J connectivity index is 1.76. The molecule has 0 spiro atoms. The van der Waals surface area contributed by atoms with Gasteiger partial charge in [0.2, 0.25) is 0 Å². The topological polar surface area (TPSA) is 115 Å². The number of benzene rings is 3. The zero-order valence-electron chi connectivity index (χ0n) is 15.2. The number of carboxylic acids is 1. The first-order chi connectivity index (χ1) is 13.8. The minimum absolute atomic E-state index is 0.0747. The Morgan fingerprint density at radius 2 is 1.52 bits per heavy atom. The van der Waals surface area contributed by atoms with Gasteiger partial charge in [-0.05, 0) is 41.5 Å². The number of carbonyl (C=O) groups is 2. The third-order valence-electron chi connectivity index (χ3n) is 4.05. The summed E-state index contributed by atoms with van der Waals surface area (Å²) in [6.45, 7) is 0.310. The van der Waals surface area contributed by atoms with Crippen molar-refractivity contribution in [2.75, 3.05) is 4.72 Å². The SMILES string of the molecule is O=C([O-])c1cccc(NS(=O)(=O)c2cccc(C(=O)NCc3ccccc3)c2)c1. The lowest BCUT2D eigenvalue weighted by molar-refractivity contribution is -0.255. The van der Waals surface area contributed by atoms with Gasteiger partial charge in [-0.1, -0.05) is 48.5 Å². The number of carboxylic acid groups (broad SMARTS) is 1. The predicted molar refractivity (Wildman–Crippen MR) is 106 cm³/mol. The first-order valence-electron chi connectivity index (χ1n) is 8.61. The van der Waals surface area contributed by atoms with Gasteiger partial charge < -0.3 is 15.2 Å². The Bertz CT molecular complexity index is 1140. The van der Waals surface area contributed by atoms with Crippen LogP contribution in [0.2, 0.25) is 0 Å². The molecule has 0 bridgehead atoms. The molecule has 0 aliphatic heterocycles. The van der Waals surface area contributed by atoms with Crippen LogP contribution in [-0.4, -0.2) is 20.3 Å². The molecule has 0 heterocycles. The van der Waals surface area contributed by atoms with E-state index in [-0.39, 0.29) is 21.7 Å². The van der Waals surface area contributed by atoms with Crippen molar-refractivity contribution >= 4 is 27.6 Å². The highest BCUT2D eigenvalue weighted by molar-refractivity contribution is 7.92. The minimum Gasteiger partial charge on any atom is -0.545 e. The van der Waals surface area contributed by atoms with Crippen LogP contribution in [-0.2, 0) is 16.6 Å². The summed E-state index contributed by atoms with van der Waals surface area (Å²) in [6.07, 6.45) is 0. The van der Waals surface area contributed by atoms with Crippen LogP contribution in [0.4, 0.5) is 5.69 Å². The van der Waals surface area contributed by atoms with Gasteiger partial charge in [-0.15, -0.1) is 0 Å². The zero-order chi connectivity index (χ0) is 20.9. The molecule has 0 saturated carbocycles. The average molecular weight is 409 g/mol. The third-order valence-corrected chi connectivity index (χ3v) is 5.43. The standard InChI is InChI=1S/C21H18N2O5S/c24-20(22-14-15-6-2-1-3-7-15)16-8-5-11-19(13-16)29(27,28)23-18-10-4-9-17(12-18)21(25)26/h1-13,23H,14H2,(H,22,24)(H,25,26)/p-1. The van der Waals surface area contributed by atoms with E-state index in [1.54, 1.807) is 0 Å². The number of anilines is 1. The van der Waals surface area contributed by atoms with E-state index in [4.69, 9.17) is 0 Å². The highest BCUT2D eigenvalue weighted by Gasteiger charge is 2.17. The van der Waals surface area contributed by atoms with Gasteiger partial charge in [0.25, 0.3) is 15.9 Å². The molecule has 0 fully saturated rings. The quantitative estimate of drug-likeness (QED) is 0.617. The second-order valence-electron chi connectivity index (χ2n) is 6.17. The van der Waals surface area contributed by atoms with Crippen LogP contribution in [0.25, 0.3) is 0 Å². The van der Waals surface area contributed by atoms with E-state index in [2.05, 4.69) is 10.0 Å². The van der Waals surface area contributed by atoms with Crippen molar-refractivity contribution in [3.8, 4) is 0 Å². The molecule has 8 heteroatoms. The molecule has 0 aliphatic carbocycles. The van der Waals surface area contributed by atoms with Crippen molar-refractivity contribution in [3.05, 3.63) is 95.6 Å². The molecule has 0 saturated heterocycles. The Hall–Kier alpha value is -3.65. The third kappa shape index (κ3) is 5.20. The Labute approximate surface area is 168 Å². The molecule has 0 atom stereocenters. The van der Waals surface area contributed by atoms with E-state index >= 15 is 0 Å². The molecule has 0 unspecified atom stereocenters. The van der Waals surface area contributed by atoms with E-state index in [1.165, 1.54) is 42.5 Å². The van der Waals surface area contributed by atoms with E-state index in [0.717, 1.165) is 11.6 Å². The normalized spacial score (nSPS) is 10.9. The number of rotatable bonds is 7. The largest absolute Gasteiger partial charge is 0.545 e. The maximum absolute atomic E-state index is 12.6. The molecular formula is C21H17N2O5S-. The summed E-state index contributed by atoms with van der Waals surface area (Å²) >= 11 is 0. The van der Waals surface area contributed by atoms with Gasteiger partial charge in [0.05, 0.1) is 10.9 Å². The van der Waals surface area contributed by atoms with Gasteiger partial charge >= 0.3 is 0 Å². The van der Waals surface area contributed by atoms with Crippen LogP contribution in [0.1, 0.15) is 26.3 Å². The lowest BCUT2D eigenvalue weighted by atomic mass is 10.2. The first kappa shape index (κ1) is 20.1. The molecule has 7 nitrogen and oxygen atoms in total. The fourth-order valence-corrected chi connectivity index (χ4v) is 3.70. The first-order valence-corrected chi connectivity index (χ1v) is 10.1. The second-order valence-corrected chi connectivity index (χ2v) is 7.85. The summed E-state index contributed by atoms with van der Waals surface area (Å²) in [5.74, 6) is -1.83. The van der Waals surface area contributed by atoms with Crippen molar-refractivity contribution in [2.24, 2.45) is 0 Å². The summed E-state index contributed by atoms with van der Waals surface area (Å²) < 4.78 is 27.6. The lowest BCUT2D eigenvalue weighted by Crippen LogP contribution is -2.23. The molecule has 148 valence electrons. The molecule has 29 heavy (non-hydrogen) atoms. The Morgan fingerprint density at radius 1 is 0.828 bits per heavy atom. The van der Waals surface area contributed by atoms with Gasteiger partial charge in [-0.3, -0.25) is 9.52 Å². The van der Waals surface area contributed by atoms with Gasteiger partial charge in [0, 0.05) is 17.8 Å². The molecule has 3 rings (SSSR count). The number of sulfonamides is 1. The summed E-state index contributed by atoms with van der Waals surface area (Å²) in [4.78, 5) is 23.2. The van der Waals surface area contributed by atoms with Gasteiger partial charge in [0.15, 0.2) is 0 Å². The van der Waals surface area contributed by atoms with Crippen molar-refractivity contribution < 1.29 is 23.1 Å². The fourth-order valence-electron chi connectivity index (χ4n) is 2.61. The minimum atomic E-state index is -4.02. The summed E-state index contributed by atoms with van der Waals surface area (Å²) in [7, 11) is -4.02. The maximum Gasteiger partial charge on any atom is 0.261 e. The predicted octanol–water partition coefficient (Wildman–Crippen LogP) is 1.78.